The molecule has 7 N–H and O–H groups in total. The van der Waals surface area contributed by atoms with Crippen molar-refractivity contribution >= 4 is 34.7 Å². The van der Waals surface area contributed by atoms with E-state index in [9.17, 15) is 39.9 Å². The minimum atomic E-state index is -2.84. The van der Waals surface area contributed by atoms with Crippen LogP contribution < -0.4 is 5.73 Å². The van der Waals surface area contributed by atoms with E-state index < -0.39 is 75.5 Å². The predicted molar refractivity (Wildman–Crippen MR) is 111 cm³/mol. The van der Waals surface area contributed by atoms with Gasteiger partial charge in [-0.25, -0.2) is 0 Å². The number of nitrogens with two attached hydrogens (primary N) is 1. The molecule has 0 heterocycles. The fraction of sp³-hybridized carbons (Fsp3) is 0.381. The van der Waals surface area contributed by atoms with E-state index in [1.54, 1.807) is 0 Å². The van der Waals surface area contributed by atoms with Crippen LogP contribution in [0.3, 0.4) is 0 Å². The zero-order valence-electron chi connectivity index (χ0n) is 17.0. The first kappa shape index (κ1) is 22.3. The second-order valence-corrected chi connectivity index (χ2v) is 8.88. The molecule has 2 fully saturated rings. The van der Waals surface area contributed by atoms with E-state index >= 15 is 0 Å². The van der Waals surface area contributed by atoms with Gasteiger partial charge in [-0.1, -0.05) is 11.6 Å². The van der Waals surface area contributed by atoms with Crippen LogP contribution in [0.4, 0.5) is 0 Å². The molecule has 1 aromatic rings. The molecule has 170 valence electrons. The number of halogens is 1. The molecule has 0 spiro atoms. The monoisotopic (exact) mass is 464 g/mol. The van der Waals surface area contributed by atoms with Gasteiger partial charge in [0.1, 0.15) is 17.1 Å². The van der Waals surface area contributed by atoms with E-state index in [1.165, 1.54) is 25.1 Å². The summed E-state index contributed by atoms with van der Waals surface area (Å²) in [5.41, 5.74) is 0.811. The molecule has 1 aromatic carbocycles. The van der Waals surface area contributed by atoms with Crippen molar-refractivity contribution in [1.82, 2.24) is 4.90 Å². The number of benzene rings is 1. The number of rotatable bonds is 1. The number of Topliss-reactive ketones (excluding diaryl/α,β-unsaturated/α-hetero) is 3. The van der Waals surface area contributed by atoms with Gasteiger partial charge >= 0.3 is 0 Å². The fourth-order valence-corrected chi connectivity index (χ4v) is 5.50. The highest BCUT2D eigenvalue weighted by Crippen LogP contribution is 2.55. The quantitative estimate of drug-likeness (QED) is 0.144. The number of carbonyl (C=O) groups is 3. The number of aliphatic hydroxyl groups is 4. The number of aliphatic hydroxyl groups excluding tert-OH is 3. The van der Waals surface area contributed by atoms with E-state index in [1.807, 2.05) is 0 Å². The smallest absolute Gasteiger partial charge is 0.211 e. The number of likely N-dealkylation sites (N-methyl/N-ethyl adjacent to an activating group) is 1. The molecule has 0 saturated heterocycles. The van der Waals surface area contributed by atoms with Crippen LogP contribution in [0.2, 0.25) is 5.02 Å². The Hall–Kier alpha value is -2.92. The van der Waals surface area contributed by atoms with Crippen molar-refractivity contribution in [3.05, 3.63) is 45.3 Å². The third-order valence-corrected chi connectivity index (χ3v) is 6.96. The molecule has 0 unspecified atom stereocenters. The lowest BCUT2D eigenvalue weighted by atomic mass is 9.55. The van der Waals surface area contributed by atoms with Crippen molar-refractivity contribution in [2.75, 3.05) is 14.1 Å². The number of hydrogen-bond donors (Lipinski definition) is 6. The van der Waals surface area contributed by atoms with Gasteiger partial charge < -0.3 is 31.3 Å². The van der Waals surface area contributed by atoms with Gasteiger partial charge in [-0.3, -0.25) is 19.3 Å². The lowest BCUT2D eigenvalue weighted by molar-refractivity contribution is -0.167. The minimum Gasteiger partial charge on any atom is -0.507 e. The zero-order chi connectivity index (χ0) is 23.9. The van der Waals surface area contributed by atoms with Gasteiger partial charge in [-0.15, -0.1) is 0 Å². The van der Waals surface area contributed by atoms with Crippen LogP contribution in [-0.4, -0.2) is 73.5 Å². The Kier molecular flexibility index (Phi) is 4.90. The van der Waals surface area contributed by atoms with Crippen LogP contribution in [0.5, 0.6) is 5.75 Å². The van der Waals surface area contributed by atoms with Crippen LogP contribution in [0.1, 0.15) is 23.7 Å². The summed E-state index contributed by atoms with van der Waals surface area (Å²) in [4.78, 5) is 41.0. The Labute approximate surface area is 186 Å². The van der Waals surface area contributed by atoms with Crippen molar-refractivity contribution < 1.29 is 39.9 Å². The molecule has 0 amide bonds. The molecule has 2 saturated carbocycles. The molecule has 0 bridgehead atoms. The SMILES string of the molecule is CN(C)[C@@H]1C(=O)C(=C(N)O)C(=O)[C@@]2(O)C(=O)C3=C(O)c4c(O)ccc(Cl)c4[C@@H](O)[C@H]3C[C@@H]12. The first-order valence-electron chi connectivity index (χ1n) is 9.69. The molecule has 4 rings (SSSR count). The van der Waals surface area contributed by atoms with Gasteiger partial charge in [0.15, 0.2) is 17.3 Å². The van der Waals surface area contributed by atoms with E-state index in [0.717, 1.165) is 6.07 Å². The number of phenols is 1. The fourth-order valence-electron chi connectivity index (χ4n) is 5.23. The van der Waals surface area contributed by atoms with E-state index in [0.29, 0.717) is 0 Å². The number of nitrogens with zero attached hydrogens (tertiary/aromatic N) is 1. The standard InChI is InChI=1S/C21H21ClN2O8/c1-24(2)14-7-5-6-10(16(27)12-9(25)4-3-8(22)11(12)15(6)26)18(29)21(7,32)19(30)13(17(14)28)20(23)31/h3-4,6-7,14-15,25-27,31-32H,5,23H2,1-2H3/t6-,7-,14-,15-,21-/m0/s1. The third-order valence-electron chi connectivity index (χ3n) is 6.63. The summed E-state index contributed by atoms with van der Waals surface area (Å²) < 4.78 is 0. The van der Waals surface area contributed by atoms with Crippen LogP contribution in [0, 0.1) is 11.8 Å². The first-order chi connectivity index (χ1) is 14.8. The Morgan fingerprint density at radius 2 is 1.81 bits per heavy atom. The maximum atomic E-state index is 13.5. The molecule has 11 heteroatoms. The maximum absolute atomic E-state index is 13.5. The normalized spacial score (nSPS) is 33.8. The third kappa shape index (κ3) is 2.61. The summed E-state index contributed by atoms with van der Waals surface area (Å²) in [7, 11) is 2.97. The Morgan fingerprint density at radius 1 is 1.19 bits per heavy atom. The summed E-state index contributed by atoms with van der Waals surface area (Å²) in [6.07, 6.45) is -1.73. The lowest BCUT2D eigenvalue weighted by Gasteiger charge is -2.50. The highest BCUT2D eigenvalue weighted by Gasteiger charge is 2.67. The van der Waals surface area contributed by atoms with Crippen LogP contribution in [-0.2, 0) is 14.4 Å². The van der Waals surface area contributed by atoms with Crippen molar-refractivity contribution in [1.29, 1.82) is 0 Å². The molecule has 32 heavy (non-hydrogen) atoms. The second-order valence-electron chi connectivity index (χ2n) is 8.47. The molecule has 5 atom stereocenters. The minimum absolute atomic E-state index is 0.00814. The van der Waals surface area contributed by atoms with E-state index in [2.05, 4.69) is 0 Å². The lowest BCUT2D eigenvalue weighted by Crippen LogP contribution is -2.69. The van der Waals surface area contributed by atoms with Crippen LogP contribution in [0.15, 0.2) is 29.2 Å². The van der Waals surface area contributed by atoms with E-state index in [-0.39, 0.29) is 22.6 Å². The van der Waals surface area contributed by atoms with Crippen molar-refractivity contribution in [2.45, 2.75) is 24.2 Å². The highest BCUT2D eigenvalue weighted by molar-refractivity contribution is 6.36. The first-order valence-corrected chi connectivity index (χ1v) is 10.1. The number of hydrogen-bond acceptors (Lipinski definition) is 10. The van der Waals surface area contributed by atoms with Crippen molar-refractivity contribution in [2.24, 2.45) is 17.6 Å². The van der Waals surface area contributed by atoms with Gasteiger partial charge in [0, 0.05) is 28.0 Å². The topological polar surface area (TPSA) is 182 Å². The molecular weight excluding hydrogens is 444 g/mol. The number of ketones is 3. The molecule has 0 aromatic heterocycles. The summed E-state index contributed by atoms with van der Waals surface area (Å²) in [6.45, 7) is 0. The molecular formula is C21H21ClN2O8. The van der Waals surface area contributed by atoms with Crippen molar-refractivity contribution in [3.8, 4) is 5.75 Å². The Balaban J connectivity index is 2.01. The molecule has 10 nitrogen and oxygen atoms in total. The largest absolute Gasteiger partial charge is 0.507 e. The number of fused-ring (bicyclic) bond motifs is 3. The highest BCUT2D eigenvalue weighted by atomic mass is 35.5. The number of carbonyl (C=O) groups excluding carboxylic acids is 3. The molecule has 3 aliphatic carbocycles. The predicted octanol–water partition coefficient (Wildman–Crippen LogP) is 0.108. The van der Waals surface area contributed by atoms with Gasteiger partial charge in [-0.2, -0.15) is 0 Å². The molecule has 0 aliphatic heterocycles. The van der Waals surface area contributed by atoms with Crippen LogP contribution >= 0.6 is 11.6 Å². The van der Waals surface area contributed by atoms with Gasteiger partial charge in [0.05, 0.1) is 17.7 Å². The Bertz CT molecular complexity index is 1150. The zero-order valence-corrected chi connectivity index (χ0v) is 17.8. The van der Waals surface area contributed by atoms with E-state index in [4.69, 9.17) is 17.3 Å². The summed E-state index contributed by atoms with van der Waals surface area (Å²) in [5.74, 6) is -8.29. The number of phenolic OH excluding ortho intramolecular Hbond substituents is 1. The van der Waals surface area contributed by atoms with Crippen molar-refractivity contribution in [3.63, 3.8) is 0 Å². The number of aromatic hydroxyl groups is 1. The Morgan fingerprint density at radius 3 is 2.38 bits per heavy atom. The van der Waals surface area contributed by atoms with Gasteiger partial charge in [0.2, 0.25) is 11.6 Å². The van der Waals surface area contributed by atoms with Crippen LogP contribution in [0.25, 0.3) is 5.76 Å². The summed E-state index contributed by atoms with van der Waals surface area (Å²) in [5, 5.41) is 53.4. The summed E-state index contributed by atoms with van der Waals surface area (Å²) in [6, 6.07) is 1.24. The molecule has 3 aliphatic rings. The molecule has 0 radical (unpaired) electrons. The van der Waals surface area contributed by atoms with Gasteiger partial charge in [0.25, 0.3) is 0 Å². The van der Waals surface area contributed by atoms with Gasteiger partial charge in [-0.05, 0) is 32.6 Å². The summed E-state index contributed by atoms with van der Waals surface area (Å²) >= 11 is 6.18. The average molecular weight is 465 g/mol. The maximum Gasteiger partial charge on any atom is 0.211 e. The second kappa shape index (κ2) is 7.04. The average Bonchev–Trinajstić information content (AvgIpc) is 2.69.